The van der Waals surface area contributed by atoms with Crippen molar-refractivity contribution in [1.29, 1.82) is 0 Å². The molecule has 110 valence electrons. The van der Waals surface area contributed by atoms with Crippen LogP contribution in [0.1, 0.15) is 42.3 Å². The van der Waals surface area contributed by atoms with Gasteiger partial charge in [0.25, 0.3) is 0 Å². The fourth-order valence-electron chi connectivity index (χ4n) is 2.59. The van der Waals surface area contributed by atoms with Gasteiger partial charge in [0.15, 0.2) is 0 Å². The highest BCUT2D eigenvalue weighted by atomic mass is 32.2. The zero-order chi connectivity index (χ0) is 14.7. The molecule has 21 heavy (non-hydrogen) atoms. The van der Waals surface area contributed by atoms with E-state index in [0.29, 0.717) is 10.6 Å². The molecule has 0 radical (unpaired) electrons. The average molecular weight is 301 g/mol. The molecule has 0 bridgehead atoms. The van der Waals surface area contributed by atoms with E-state index in [-0.39, 0.29) is 11.9 Å². The first-order valence-corrected chi connectivity index (χ1v) is 8.45. The van der Waals surface area contributed by atoms with E-state index in [9.17, 15) is 4.39 Å². The molecule has 1 fully saturated rings. The van der Waals surface area contributed by atoms with Crippen LogP contribution in [-0.4, -0.2) is 5.75 Å². The van der Waals surface area contributed by atoms with Gasteiger partial charge in [0, 0.05) is 16.7 Å². The van der Waals surface area contributed by atoms with Gasteiger partial charge in [-0.2, -0.15) is 0 Å². The minimum atomic E-state index is -0.171. The summed E-state index contributed by atoms with van der Waals surface area (Å²) in [7, 11) is 0. The molecule has 0 aromatic heterocycles. The van der Waals surface area contributed by atoms with Crippen LogP contribution < -0.4 is 5.73 Å². The van der Waals surface area contributed by atoms with E-state index in [0.717, 1.165) is 11.5 Å². The Hall–Kier alpha value is -1.32. The maximum atomic E-state index is 13.6. The molecule has 1 nitrogen and oxygen atoms in total. The largest absolute Gasteiger partial charge is 0.323 e. The first kappa shape index (κ1) is 14.6. The zero-order valence-electron chi connectivity index (χ0n) is 12.0. The van der Waals surface area contributed by atoms with Gasteiger partial charge in [0.2, 0.25) is 0 Å². The van der Waals surface area contributed by atoms with Gasteiger partial charge in [0.05, 0.1) is 0 Å². The van der Waals surface area contributed by atoms with Gasteiger partial charge in [0.1, 0.15) is 5.82 Å². The van der Waals surface area contributed by atoms with E-state index in [4.69, 9.17) is 5.73 Å². The summed E-state index contributed by atoms with van der Waals surface area (Å²) >= 11 is 1.48. The van der Waals surface area contributed by atoms with Crippen molar-refractivity contribution in [2.45, 2.75) is 36.1 Å². The molecule has 1 saturated carbocycles. The molecular weight excluding hydrogens is 281 g/mol. The lowest BCUT2D eigenvalue weighted by Crippen LogP contribution is -2.14. The molecule has 0 saturated heterocycles. The van der Waals surface area contributed by atoms with E-state index in [2.05, 4.69) is 24.3 Å². The Labute approximate surface area is 129 Å². The first-order chi connectivity index (χ1) is 10.2. The summed E-state index contributed by atoms with van der Waals surface area (Å²) < 4.78 is 13.6. The van der Waals surface area contributed by atoms with Crippen LogP contribution in [0.15, 0.2) is 53.4 Å². The third-order valence-electron chi connectivity index (χ3n) is 4.20. The number of rotatable bonds is 5. The standard InChI is InChI=1S/C18H20FNS/c19-16-6-1-2-7-18(16)21-12-17(20)15-10-8-14(9-11-15)13-4-3-5-13/h1-2,6-11,13,17H,3-5,12,20H2. The molecule has 1 unspecified atom stereocenters. The molecule has 2 N–H and O–H groups in total. The van der Waals surface area contributed by atoms with E-state index in [1.54, 1.807) is 12.1 Å². The van der Waals surface area contributed by atoms with Crippen LogP contribution >= 0.6 is 11.8 Å². The summed E-state index contributed by atoms with van der Waals surface area (Å²) in [5.41, 5.74) is 8.78. The highest BCUT2D eigenvalue weighted by Gasteiger charge is 2.19. The molecule has 3 rings (SSSR count). The van der Waals surface area contributed by atoms with Gasteiger partial charge in [-0.15, -0.1) is 11.8 Å². The van der Waals surface area contributed by atoms with E-state index >= 15 is 0 Å². The number of hydrogen-bond donors (Lipinski definition) is 1. The van der Waals surface area contributed by atoms with Crippen molar-refractivity contribution in [3.05, 3.63) is 65.5 Å². The summed E-state index contributed by atoms with van der Waals surface area (Å²) in [5.74, 6) is 1.27. The lowest BCUT2D eigenvalue weighted by Gasteiger charge is -2.26. The Morgan fingerprint density at radius 3 is 2.43 bits per heavy atom. The maximum absolute atomic E-state index is 13.6. The number of benzene rings is 2. The molecule has 3 heteroatoms. The first-order valence-electron chi connectivity index (χ1n) is 7.47. The van der Waals surface area contributed by atoms with E-state index < -0.39 is 0 Å². The Kier molecular flexibility index (Phi) is 4.61. The summed E-state index contributed by atoms with van der Waals surface area (Å²) in [5, 5.41) is 0. The number of halogens is 1. The van der Waals surface area contributed by atoms with Crippen LogP contribution in [0, 0.1) is 5.82 Å². The second-order valence-corrected chi connectivity index (χ2v) is 6.70. The molecular formula is C18H20FNS. The molecule has 0 aliphatic heterocycles. The Bertz CT molecular complexity index is 592. The fourth-order valence-corrected chi connectivity index (χ4v) is 3.53. The Morgan fingerprint density at radius 1 is 1.10 bits per heavy atom. The summed E-state index contributed by atoms with van der Waals surface area (Å²) in [6.07, 6.45) is 3.98. The quantitative estimate of drug-likeness (QED) is 0.796. The predicted molar refractivity (Wildman–Crippen MR) is 87.1 cm³/mol. The van der Waals surface area contributed by atoms with Crippen LogP contribution in [0.5, 0.6) is 0 Å². The molecule has 1 aliphatic carbocycles. The molecule has 0 spiro atoms. The van der Waals surface area contributed by atoms with E-state index in [1.807, 2.05) is 6.07 Å². The third-order valence-corrected chi connectivity index (χ3v) is 5.36. The fraction of sp³-hybridized carbons (Fsp3) is 0.333. The van der Waals surface area contributed by atoms with Crippen LogP contribution in [0.3, 0.4) is 0 Å². The molecule has 1 atom stereocenters. The van der Waals surface area contributed by atoms with Crippen LogP contribution in [0.2, 0.25) is 0 Å². The van der Waals surface area contributed by atoms with Crippen molar-refractivity contribution in [1.82, 2.24) is 0 Å². The highest BCUT2D eigenvalue weighted by molar-refractivity contribution is 7.99. The summed E-state index contributed by atoms with van der Waals surface area (Å²) in [6, 6.07) is 15.4. The van der Waals surface area contributed by atoms with Gasteiger partial charge < -0.3 is 5.73 Å². The average Bonchev–Trinajstić information content (AvgIpc) is 2.45. The lowest BCUT2D eigenvalue weighted by molar-refractivity contribution is 0.419. The molecule has 2 aromatic rings. The molecule has 1 aliphatic rings. The van der Waals surface area contributed by atoms with Crippen LogP contribution in [-0.2, 0) is 0 Å². The van der Waals surface area contributed by atoms with Crippen LogP contribution in [0.25, 0.3) is 0 Å². The number of nitrogens with two attached hydrogens (primary N) is 1. The van der Waals surface area contributed by atoms with Gasteiger partial charge in [-0.1, -0.05) is 42.8 Å². The molecule has 2 aromatic carbocycles. The van der Waals surface area contributed by atoms with Gasteiger partial charge >= 0.3 is 0 Å². The molecule has 0 amide bonds. The van der Waals surface area contributed by atoms with Crippen molar-refractivity contribution in [3.63, 3.8) is 0 Å². The normalized spacial score (nSPS) is 16.5. The summed E-state index contributed by atoms with van der Waals surface area (Å²) in [6.45, 7) is 0. The predicted octanol–water partition coefficient (Wildman–Crippen LogP) is 4.89. The minimum Gasteiger partial charge on any atom is -0.323 e. The topological polar surface area (TPSA) is 26.0 Å². The second-order valence-electron chi connectivity index (χ2n) is 5.64. The smallest absolute Gasteiger partial charge is 0.136 e. The summed E-state index contributed by atoms with van der Waals surface area (Å²) in [4.78, 5) is 0.666. The molecule has 0 heterocycles. The monoisotopic (exact) mass is 301 g/mol. The Morgan fingerprint density at radius 2 is 1.81 bits per heavy atom. The SMILES string of the molecule is NC(CSc1ccccc1F)c1ccc(C2CCC2)cc1. The van der Waals surface area contributed by atoms with Crippen molar-refractivity contribution in [2.75, 3.05) is 5.75 Å². The van der Waals surface area contributed by atoms with Crippen molar-refractivity contribution >= 4 is 11.8 Å². The lowest BCUT2D eigenvalue weighted by atomic mass is 9.80. The van der Waals surface area contributed by atoms with Crippen molar-refractivity contribution in [2.24, 2.45) is 5.73 Å². The van der Waals surface area contributed by atoms with Gasteiger partial charge in [-0.05, 0) is 42.0 Å². The maximum Gasteiger partial charge on any atom is 0.136 e. The number of hydrogen-bond acceptors (Lipinski definition) is 2. The zero-order valence-corrected chi connectivity index (χ0v) is 12.8. The number of thioether (sulfide) groups is 1. The Balaban J connectivity index is 1.60. The second kappa shape index (κ2) is 6.63. The van der Waals surface area contributed by atoms with Crippen LogP contribution in [0.4, 0.5) is 4.39 Å². The van der Waals surface area contributed by atoms with Crippen molar-refractivity contribution in [3.8, 4) is 0 Å². The third kappa shape index (κ3) is 3.47. The highest BCUT2D eigenvalue weighted by Crippen LogP contribution is 2.36. The van der Waals surface area contributed by atoms with Gasteiger partial charge in [-0.3, -0.25) is 0 Å². The van der Waals surface area contributed by atoms with Crippen molar-refractivity contribution < 1.29 is 4.39 Å². The minimum absolute atomic E-state index is 0.0648. The van der Waals surface area contributed by atoms with E-state index in [1.165, 1.54) is 42.7 Å². The van der Waals surface area contributed by atoms with Gasteiger partial charge in [-0.25, -0.2) is 4.39 Å².